The fraction of sp³-hybridized carbons (Fsp3) is 0.700. The van der Waals surface area contributed by atoms with E-state index in [1.54, 1.807) is 11.3 Å². The van der Waals surface area contributed by atoms with Gasteiger partial charge in [0.05, 0.1) is 10.7 Å². The van der Waals surface area contributed by atoms with Gasteiger partial charge < -0.3 is 11.1 Å². The molecule has 1 aromatic heterocycles. The minimum Gasteiger partial charge on any atom is -0.328 e. The van der Waals surface area contributed by atoms with Crippen LogP contribution in [0.25, 0.3) is 0 Å². The first-order valence-electron chi connectivity index (χ1n) is 4.97. The Morgan fingerprint density at radius 1 is 1.57 bits per heavy atom. The van der Waals surface area contributed by atoms with Crippen LogP contribution in [-0.4, -0.2) is 17.6 Å². The van der Waals surface area contributed by atoms with E-state index >= 15 is 0 Å². The highest BCUT2D eigenvalue weighted by atomic mass is 32.1. The molecule has 0 bridgehead atoms. The molecular formula is C10H19N3S. The van der Waals surface area contributed by atoms with Gasteiger partial charge in [0.25, 0.3) is 0 Å². The molecular weight excluding hydrogens is 194 g/mol. The summed E-state index contributed by atoms with van der Waals surface area (Å²) in [7, 11) is 0. The highest BCUT2D eigenvalue weighted by Gasteiger charge is 2.06. The predicted molar refractivity (Wildman–Crippen MR) is 61.4 cm³/mol. The average Bonchev–Trinajstić information content (AvgIpc) is 2.51. The Kier molecular flexibility index (Phi) is 4.51. The van der Waals surface area contributed by atoms with Crippen molar-refractivity contribution < 1.29 is 0 Å². The van der Waals surface area contributed by atoms with Crippen LogP contribution >= 0.6 is 11.3 Å². The molecule has 1 heterocycles. The molecule has 4 heteroatoms. The molecule has 0 saturated carbocycles. The summed E-state index contributed by atoms with van der Waals surface area (Å²) in [6, 6.07) is 0.250. The zero-order valence-corrected chi connectivity index (χ0v) is 9.90. The summed E-state index contributed by atoms with van der Waals surface area (Å²) < 4.78 is 0. The van der Waals surface area contributed by atoms with E-state index in [1.807, 2.05) is 13.8 Å². The lowest BCUT2D eigenvalue weighted by Crippen LogP contribution is -2.32. The van der Waals surface area contributed by atoms with E-state index < -0.39 is 0 Å². The second kappa shape index (κ2) is 5.44. The molecule has 0 aliphatic carbocycles. The van der Waals surface area contributed by atoms with Gasteiger partial charge in [-0.05, 0) is 26.3 Å². The van der Waals surface area contributed by atoms with Gasteiger partial charge in [0, 0.05) is 18.0 Å². The standard InChI is InChI=1S/C10H19N3S/c1-7(8(2)11)4-12-5-10-6-14-9(3)13-10/h6-8,12H,4-5,11H2,1-3H3. The maximum atomic E-state index is 5.77. The van der Waals surface area contributed by atoms with Crippen molar-refractivity contribution in [2.75, 3.05) is 6.54 Å². The lowest BCUT2D eigenvalue weighted by molar-refractivity contribution is 0.444. The SMILES string of the molecule is Cc1nc(CNCC(C)C(C)N)cs1. The smallest absolute Gasteiger partial charge is 0.0897 e. The molecule has 2 atom stereocenters. The summed E-state index contributed by atoms with van der Waals surface area (Å²) in [5.41, 5.74) is 6.89. The van der Waals surface area contributed by atoms with Crippen LogP contribution in [0.2, 0.25) is 0 Å². The topological polar surface area (TPSA) is 50.9 Å². The molecule has 0 aliphatic rings. The van der Waals surface area contributed by atoms with Crippen molar-refractivity contribution >= 4 is 11.3 Å². The van der Waals surface area contributed by atoms with Gasteiger partial charge in [0.1, 0.15) is 0 Å². The van der Waals surface area contributed by atoms with Crippen LogP contribution in [0, 0.1) is 12.8 Å². The molecule has 0 spiro atoms. The summed E-state index contributed by atoms with van der Waals surface area (Å²) in [5, 5.41) is 6.58. The molecule has 0 saturated heterocycles. The van der Waals surface area contributed by atoms with E-state index in [4.69, 9.17) is 5.73 Å². The quantitative estimate of drug-likeness (QED) is 0.780. The van der Waals surface area contributed by atoms with Crippen LogP contribution < -0.4 is 11.1 Å². The normalized spacial score (nSPS) is 15.4. The summed E-state index contributed by atoms with van der Waals surface area (Å²) in [5.74, 6) is 0.509. The van der Waals surface area contributed by atoms with Crippen LogP contribution in [0.15, 0.2) is 5.38 Å². The molecule has 0 aliphatic heterocycles. The largest absolute Gasteiger partial charge is 0.328 e. The van der Waals surface area contributed by atoms with Crippen molar-refractivity contribution in [2.24, 2.45) is 11.7 Å². The van der Waals surface area contributed by atoms with Crippen molar-refractivity contribution in [3.05, 3.63) is 16.1 Å². The minimum atomic E-state index is 0.250. The predicted octanol–water partition coefficient (Wildman–Crippen LogP) is 1.52. The molecule has 3 N–H and O–H groups in total. The zero-order chi connectivity index (χ0) is 10.6. The Bertz CT molecular complexity index is 270. The van der Waals surface area contributed by atoms with E-state index in [-0.39, 0.29) is 6.04 Å². The van der Waals surface area contributed by atoms with Crippen molar-refractivity contribution in [3.8, 4) is 0 Å². The minimum absolute atomic E-state index is 0.250. The number of hydrogen-bond donors (Lipinski definition) is 2. The van der Waals surface area contributed by atoms with Gasteiger partial charge in [0.15, 0.2) is 0 Å². The van der Waals surface area contributed by atoms with Gasteiger partial charge in [-0.25, -0.2) is 4.98 Å². The van der Waals surface area contributed by atoms with Gasteiger partial charge in [-0.15, -0.1) is 11.3 Å². The lowest BCUT2D eigenvalue weighted by Gasteiger charge is -2.15. The lowest BCUT2D eigenvalue weighted by atomic mass is 10.1. The average molecular weight is 213 g/mol. The first-order chi connectivity index (χ1) is 6.59. The first kappa shape index (κ1) is 11.6. The maximum Gasteiger partial charge on any atom is 0.0897 e. The van der Waals surface area contributed by atoms with E-state index in [9.17, 15) is 0 Å². The highest BCUT2D eigenvalue weighted by Crippen LogP contribution is 2.07. The van der Waals surface area contributed by atoms with Crippen LogP contribution in [0.3, 0.4) is 0 Å². The van der Waals surface area contributed by atoms with Crippen molar-refractivity contribution in [2.45, 2.75) is 33.4 Å². The molecule has 2 unspecified atom stereocenters. The van der Waals surface area contributed by atoms with Gasteiger partial charge in [-0.3, -0.25) is 0 Å². The number of hydrogen-bond acceptors (Lipinski definition) is 4. The second-order valence-electron chi connectivity index (χ2n) is 3.83. The van der Waals surface area contributed by atoms with Gasteiger partial charge in [-0.1, -0.05) is 6.92 Å². The van der Waals surface area contributed by atoms with Crippen molar-refractivity contribution in [3.63, 3.8) is 0 Å². The van der Waals surface area contributed by atoms with Crippen LogP contribution in [-0.2, 0) is 6.54 Å². The summed E-state index contributed by atoms with van der Waals surface area (Å²) in [6.07, 6.45) is 0. The molecule has 0 radical (unpaired) electrons. The number of nitrogens with one attached hydrogen (secondary N) is 1. The Balaban J connectivity index is 2.22. The molecule has 80 valence electrons. The third-order valence-corrected chi connectivity index (χ3v) is 3.16. The maximum absolute atomic E-state index is 5.77. The fourth-order valence-electron chi connectivity index (χ4n) is 1.10. The second-order valence-corrected chi connectivity index (χ2v) is 4.89. The Morgan fingerprint density at radius 3 is 2.79 bits per heavy atom. The third kappa shape index (κ3) is 3.74. The third-order valence-electron chi connectivity index (χ3n) is 2.34. The number of nitrogens with zero attached hydrogens (tertiary/aromatic N) is 1. The van der Waals surface area contributed by atoms with E-state index in [1.165, 1.54) is 0 Å². The molecule has 14 heavy (non-hydrogen) atoms. The number of thiazole rings is 1. The van der Waals surface area contributed by atoms with E-state index in [0.717, 1.165) is 23.8 Å². The summed E-state index contributed by atoms with van der Waals surface area (Å²) >= 11 is 1.69. The summed E-state index contributed by atoms with van der Waals surface area (Å²) in [6.45, 7) is 8.03. The van der Waals surface area contributed by atoms with Crippen LogP contribution in [0.5, 0.6) is 0 Å². The van der Waals surface area contributed by atoms with E-state index in [0.29, 0.717) is 5.92 Å². The molecule has 1 aromatic rings. The number of aromatic nitrogens is 1. The Morgan fingerprint density at radius 2 is 2.29 bits per heavy atom. The van der Waals surface area contributed by atoms with Gasteiger partial charge >= 0.3 is 0 Å². The van der Waals surface area contributed by atoms with Crippen molar-refractivity contribution in [1.29, 1.82) is 0 Å². The Hall–Kier alpha value is -0.450. The van der Waals surface area contributed by atoms with Crippen LogP contribution in [0.4, 0.5) is 0 Å². The number of aryl methyl sites for hydroxylation is 1. The molecule has 3 nitrogen and oxygen atoms in total. The molecule has 0 amide bonds. The zero-order valence-electron chi connectivity index (χ0n) is 9.08. The van der Waals surface area contributed by atoms with Crippen LogP contribution in [0.1, 0.15) is 24.5 Å². The summed E-state index contributed by atoms with van der Waals surface area (Å²) in [4.78, 5) is 4.38. The Labute approximate surface area is 89.7 Å². The van der Waals surface area contributed by atoms with E-state index in [2.05, 4.69) is 22.6 Å². The van der Waals surface area contributed by atoms with Crippen molar-refractivity contribution in [1.82, 2.24) is 10.3 Å². The molecule has 0 aromatic carbocycles. The number of rotatable bonds is 5. The molecule has 1 rings (SSSR count). The fourth-order valence-corrected chi connectivity index (χ4v) is 1.72. The van der Waals surface area contributed by atoms with Gasteiger partial charge in [0.2, 0.25) is 0 Å². The first-order valence-corrected chi connectivity index (χ1v) is 5.85. The van der Waals surface area contributed by atoms with Gasteiger partial charge in [-0.2, -0.15) is 0 Å². The number of nitrogens with two attached hydrogens (primary N) is 1. The monoisotopic (exact) mass is 213 g/mol. The highest BCUT2D eigenvalue weighted by molar-refractivity contribution is 7.09. The molecule has 0 fully saturated rings.